The van der Waals surface area contributed by atoms with Gasteiger partial charge in [-0.25, -0.2) is 4.39 Å². The van der Waals surface area contributed by atoms with E-state index < -0.39 is 6.17 Å². The van der Waals surface area contributed by atoms with Crippen molar-refractivity contribution in [3.05, 3.63) is 0 Å². The van der Waals surface area contributed by atoms with Crippen LogP contribution in [0.1, 0.15) is 26.7 Å². The van der Waals surface area contributed by atoms with E-state index in [0.717, 1.165) is 6.42 Å². The molecular formula is C6H12BrF. The Hall–Kier alpha value is 0.410. The second-order valence-corrected chi connectivity index (χ2v) is 3.32. The van der Waals surface area contributed by atoms with E-state index in [-0.39, 0.29) is 0 Å². The van der Waals surface area contributed by atoms with E-state index in [9.17, 15) is 4.39 Å². The maximum absolute atomic E-state index is 12.1. The van der Waals surface area contributed by atoms with E-state index in [2.05, 4.69) is 15.9 Å². The van der Waals surface area contributed by atoms with Crippen LogP contribution in [0.25, 0.3) is 0 Å². The molecule has 0 nitrogen and oxygen atoms in total. The Morgan fingerprint density at radius 3 is 2.25 bits per heavy atom. The van der Waals surface area contributed by atoms with Gasteiger partial charge in [-0.15, -0.1) is 0 Å². The quantitative estimate of drug-likeness (QED) is 0.590. The topological polar surface area (TPSA) is 0 Å². The molecule has 0 aromatic heterocycles. The van der Waals surface area contributed by atoms with Crippen LogP contribution in [-0.4, -0.2) is 11.0 Å². The molecule has 2 heteroatoms. The number of hydrogen-bond donors (Lipinski definition) is 0. The lowest BCUT2D eigenvalue weighted by atomic mass is 10.2. The predicted octanol–water partition coefficient (Wildman–Crippen LogP) is 2.91. The van der Waals surface area contributed by atoms with E-state index in [0.29, 0.717) is 11.2 Å². The lowest BCUT2D eigenvalue weighted by Gasteiger charge is -2.05. The number of hydrogen-bond acceptors (Lipinski definition) is 0. The van der Waals surface area contributed by atoms with Gasteiger partial charge in [0.15, 0.2) is 0 Å². The van der Waals surface area contributed by atoms with Gasteiger partial charge in [-0.3, -0.25) is 0 Å². The summed E-state index contributed by atoms with van der Waals surface area (Å²) in [6.45, 7) is 3.63. The fourth-order valence-electron chi connectivity index (χ4n) is 0.519. The first kappa shape index (κ1) is 8.41. The molecule has 0 aliphatic heterocycles. The molecule has 0 spiro atoms. The lowest BCUT2D eigenvalue weighted by Crippen LogP contribution is -2.03. The van der Waals surface area contributed by atoms with Crippen LogP contribution in [0.2, 0.25) is 0 Å². The number of alkyl halides is 2. The zero-order valence-corrected chi connectivity index (χ0v) is 6.91. The van der Waals surface area contributed by atoms with Gasteiger partial charge in [0.1, 0.15) is 0 Å². The third-order valence-corrected chi connectivity index (χ3v) is 2.04. The highest BCUT2D eigenvalue weighted by Gasteiger charge is 2.04. The van der Waals surface area contributed by atoms with Crippen LogP contribution in [0.3, 0.4) is 0 Å². The average Bonchev–Trinajstić information content (AvgIpc) is 1.65. The standard InChI is InChI=1S/C6H12BrF/c1-3-6(7)4-5(2)8/h5-6H,3-4H2,1-2H3. The zero-order valence-electron chi connectivity index (χ0n) is 5.32. The molecule has 0 aliphatic carbocycles. The van der Waals surface area contributed by atoms with Gasteiger partial charge in [-0.05, 0) is 19.8 Å². The van der Waals surface area contributed by atoms with Crippen LogP contribution in [0.15, 0.2) is 0 Å². The fraction of sp³-hybridized carbons (Fsp3) is 1.00. The normalized spacial score (nSPS) is 18.0. The summed E-state index contributed by atoms with van der Waals surface area (Å²) in [5.41, 5.74) is 0. The predicted molar refractivity (Wildman–Crippen MR) is 38.2 cm³/mol. The average molecular weight is 183 g/mol. The third-order valence-electron chi connectivity index (χ3n) is 1.02. The fourth-order valence-corrected chi connectivity index (χ4v) is 1.03. The molecule has 0 saturated carbocycles. The van der Waals surface area contributed by atoms with Crippen molar-refractivity contribution in [2.45, 2.75) is 37.7 Å². The van der Waals surface area contributed by atoms with E-state index in [1.807, 2.05) is 6.92 Å². The molecule has 0 amide bonds. The Bertz CT molecular complexity index is 54.5. The highest BCUT2D eigenvalue weighted by Crippen LogP contribution is 2.12. The smallest absolute Gasteiger partial charge is 0.0984 e. The Morgan fingerprint density at radius 2 is 2.12 bits per heavy atom. The summed E-state index contributed by atoms with van der Waals surface area (Å²) in [6, 6.07) is 0. The molecule has 2 atom stereocenters. The summed E-state index contributed by atoms with van der Waals surface area (Å²) in [4.78, 5) is 0.363. The molecule has 0 heterocycles. The summed E-state index contributed by atoms with van der Waals surface area (Å²) < 4.78 is 12.1. The first-order valence-corrected chi connectivity index (χ1v) is 3.86. The van der Waals surface area contributed by atoms with E-state index in [1.54, 1.807) is 6.92 Å². The Morgan fingerprint density at radius 1 is 1.62 bits per heavy atom. The monoisotopic (exact) mass is 182 g/mol. The zero-order chi connectivity index (χ0) is 6.57. The van der Waals surface area contributed by atoms with E-state index in [1.165, 1.54) is 0 Å². The Labute approximate surface area is 58.6 Å². The molecule has 0 N–H and O–H groups in total. The molecule has 50 valence electrons. The van der Waals surface area contributed by atoms with Crippen LogP contribution in [-0.2, 0) is 0 Å². The van der Waals surface area contributed by atoms with Crippen LogP contribution >= 0.6 is 15.9 Å². The van der Waals surface area contributed by atoms with Crippen molar-refractivity contribution in [3.8, 4) is 0 Å². The summed E-state index contributed by atoms with van der Waals surface area (Å²) in [6.07, 6.45) is 0.976. The van der Waals surface area contributed by atoms with Crippen LogP contribution < -0.4 is 0 Å². The maximum Gasteiger partial charge on any atom is 0.0984 e. The lowest BCUT2D eigenvalue weighted by molar-refractivity contribution is 0.338. The highest BCUT2D eigenvalue weighted by atomic mass is 79.9. The van der Waals surface area contributed by atoms with Gasteiger partial charge in [0.25, 0.3) is 0 Å². The minimum Gasteiger partial charge on any atom is -0.248 e. The molecule has 0 radical (unpaired) electrons. The van der Waals surface area contributed by atoms with Gasteiger partial charge in [0, 0.05) is 4.83 Å². The molecular weight excluding hydrogens is 171 g/mol. The van der Waals surface area contributed by atoms with Crippen LogP contribution in [0.5, 0.6) is 0 Å². The Kier molecular flexibility index (Phi) is 4.53. The third kappa shape index (κ3) is 4.57. The van der Waals surface area contributed by atoms with Gasteiger partial charge in [0.2, 0.25) is 0 Å². The van der Waals surface area contributed by atoms with Gasteiger partial charge in [0.05, 0.1) is 6.17 Å². The second-order valence-electron chi connectivity index (χ2n) is 2.02. The molecule has 0 aliphatic rings. The summed E-state index contributed by atoms with van der Waals surface area (Å²) in [7, 11) is 0. The number of halogens is 2. The van der Waals surface area contributed by atoms with Crippen molar-refractivity contribution >= 4 is 15.9 Å². The van der Waals surface area contributed by atoms with Crippen molar-refractivity contribution in [3.63, 3.8) is 0 Å². The second kappa shape index (κ2) is 4.30. The number of rotatable bonds is 3. The minimum absolute atomic E-state index is 0.363. The summed E-state index contributed by atoms with van der Waals surface area (Å²) >= 11 is 3.34. The summed E-state index contributed by atoms with van der Waals surface area (Å²) in [5, 5.41) is 0. The molecule has 2 unspecified atom stereocenters. The van der Waals surface area contributed by atoms with Gasteiger partial charge in [-0.1, -0.05) is 22.9 Å². The molecule has 0 saturated heterocycles. The highest BCUT2D eigenvalue weighted by molar-refractivity contribution is 9.09. The van der Waals surface area contributed by atoms with Crippen molar-refractivity contribution in [2.24, 2.45) is 0 Å². The first-order chi connectivity index (χ1) is 3.66. The molecule has 8 heavy (non-hydrogen) atoms. The largest absolute Gasteiger partial charge is 0.248 e. The molecule has 0 aromatic carbocycles. The van der Waals surface area contributed by atoms with E-state index in [4.69, 9.17) is 0 Å². The molecule has 0 aromatic rings. The van der Waals surface area contributed by atoms with Gasteiger partial charge in [-0.2, -0.15) is 0 Å². The van der Waals surface area contributed by atoms with Gasteiger partial charge >= 0.3 is 0 Å². The van der Waals surface area contributed by atoms with Crippen molar-refractivity contribution in [1.82, 2.24) is 0 Å². The summed E-state index contributed by atoms with van der Waals surface area (Å²) in [5.74, 6) is 0. The van der Waals surface area contributed by atoms with Gasteiger partial charge < -0.3 is 0 Å². The molecule has 0 rings (SSSR count). The molecule has 0 fully saturated rings. The maximum atomic E-state index is 12.1. The SMILES string of the molecule is CCC(Br)CC(C)F. The van der Waals surface area contributed by atoms with Crippen molar-refractivity contribution in [1.29, 1.82) is 0 Å². The van der Waals surface area contributed by atoms with Crippen molar-refractivity contribution < 1.29 is 4.39 Å². The minimum atomic E-state index is -0.667. The van der Waals surface area contributed by atoms with Crippen LogP contribution in [0.4, 0.5) is 4.39 Å². The van der Waals surface area contributed by atoms with Crippen molar-refractivity contribution in [2.75, 3.05) is 0 Å². The Balaban J connectivity index is 3.10. The van der Waals surface area contributed by atoms with E-state index >= 15 is 0 Å². The first-order valence-electron chi connectivity index (χ1n) is 2.95. The molecule has 0 bridgehead atoms. The van der Waals surface area contributed by atoms with Crippen LogP contribution in [0, 0.1) is 0 Å².